The summed E-state index contributed by atoms with van der Waals surface area (Å²) in [5.74, 6) is 0.396. The third-order valence-electron chi connectivity index (χ3n) is 1.62. The first-order valence-corrected chi connectivity index (χ1v) is 5.42. The van der Waals surface area contributed by atoms with Gasteiger partial charge in [0.2, 0.25) is 0 Å². The molecule has 0 aromatic heterocycles. The molecule has 1 aromatic rings. The third-order valence-corrected chi connectivity index (χ3v) is 3.18. The number of rotatable bonds is 3. The Morgan fingerprint density at radius 1 is 1.40 bits per heavy atom. The summed E-state index contributed by atoms with van der Waals surface area (Å²) in [5, 5.41) is 0.122. The molecule has 0 atom stereocenters. The van der Waals surface area contributed by atoms with Gasteiger partial charge in [0.25, 0.3) is 0 Å². The largest absolute Gasteiger partial charge is 0.417 e. The van der Waals surface area contributed by atoms with Gasteiger partial charge in [0.15, 0.2) is 0 Å². The third kappa shape index (κ3) is 3.18. The average Bonchev–Trinajstić information content (AvgIpc) is 2.14. The summed E-state index contributed by atoms with van der Waals surface area (Å²) in [6, 6.07) is 3.77. The van der Waals surface area contributed by atoms with Crippen LogP contribution in [0.4, 0.5) is 13.2 Å². The molecular weight excluding hydrogens is 245 g/mol. The van der Waals surface area contributed by atoms with Crippen LogP contribution in [0, 0.1) is 0 Å². The predicted octanol–water partition coefficient (Wildman–Crippen LogP) is 4.64. The molecule has 0 bridgehead atoms. The minimum atomic E-state index is -4.37. The number of benzene rings is 1. The van der Waals surface area contributed by atoms with E-state index in [1.807, 2.05) is 0 Å². The maximum atomic E-state index is 12.6. The Bertz CT molecular complexity index is 360. The van der Waals surface area contributed by atoms with Gasteiger partial charge in [0, 0.05) is 10.6 Å². The van der Waals surface area contributed by atoms with Gasteiger partial charge in [-0.25, -0.2) is 0 Å². The highest BCUT2D eigenvalue weighted by Gasteiger charge is 2.34. The van der Waals surface area contributed by atoms with Gasteiger partial charge >= 0.3 is 6.18 Å². The average molecular weight is 253 g/mol. The molecule has 5 heteroatoms. The lowest BCUT2D eigenvalue weighted by Crippen LogP contribution is -2.07. The topological polar surface area (TPSA) is 0 Å². The van der Waals surface area contributed by atoms with Crippen LogP contribution in [0.2, 0.25) is 5.02 Å². The van der Waals surface area contributed by atoms with E-state index in [-0.39, 0.29) is 9.92 Å². The van der Waals surface area contributed by atoms with Crippen LogP contribution < -0.4 is 0 Å². The first-order chi connectivity index (χ1) is 6.96. The summed E-state index contributed by atoms with van der Waals surface area (Å²) in [6.07, 6.45) is -2.83. The van der Waals surface area contributed by atoms with Crippen LogP contribution in [0.25, 0.3) is 0 Å². The van der Waals surface area contributed by atoms with E-state index in [1.54, 1.807) is 0 Å². The van der Waals surface area contributed by atoms with E-state index in [0.29, 0.717) is 5.75 Å². The van der Waals surface area contributed by atoms with E-state index in [4.69, 9.17) is 11.6 Å². The molecule has 0 heterocycles. The number of hydrogen-bond acceptors (Lipinski definition) is 1. The molecular formula is C10H8ClF3S. The van der Waals surface area contributed by atoms with Gasteiger partial charge in [-0.1, -0.05) is 23.7 Å². The Balaban J connectivity index is 3.14. The molecule has 0 aliphatic rings. The van der Waals surface area contributed by atoms with Crippen molar-refractivity contribution in [3.63, 3.8) is 0 Å². The number of thioether (sulfide) groups is 1. The molecule has 0 radical (unpaired) electrons. The molecule has 0 unspecified atom stereocenters. The second kappa shape index (κ2) is 4.94. The van der Waals surface area contributed by atoms with Crippen molar-refractivity contribution in [2.24, 2.45) is 0 Å². The zero-order chi connectivity index (χ0) is 11.5. The van der Waals surface area contributed by atoms with Crippen molar-refractivity contribution in [1.29, 1.82) is 0 Å². The van der Waals surface area contributed by atoms with Crippen molar-refractivity contribution in [2.45, 2.75) is 11.1 Å². The van der Waals surface area contributed by atoms with Crippen LogP contribution in [0.3, 0.4) is 0 Å². The maximum Gasteiger partial charge on any atom is 0.417 e. The fourth-order valence-electron chi connectivity index (χ4n) is 1.02. The molecule has 0 fully saturated rings. The van der Waals surface area contributed by atoms with Gasteiger partial charge in [0.05, 0.1) is 10.6 Å². The van der Waals surface area contributed by atoms with Crippen molar-refractivity contribution in [1.82, 2.24) is 0 Å². The highest BCUT2D eigenvalue weighted by molar-refractivity contribution is 7.99. The fraction of sp³-hybridized carbons (Fsp3) is 0.200. The van der Waals surface area contributed by atoms with E-state index in [2.05, 4.69) is 6.58 Å². The summed E-state index contributed by atoms with van der Waals surface area (Å²) < 4.78 is 37.7. The normalized spacial score (nSPS) is 11.5. The first kappa shape index (κ1) is 12.5. The van der Waals surface area contributed by atoms with Crippen molar-refractivity contribution >= 4 is 23.4 Å². The van der Waals surface area contributed by atoms with Gasteiger partial charge in [0.1, 0.15) is 0 Å². The van der Waals surface area contributed by atoms with Gasteiger partial charge in [-0.15, -0.1) is 18.3 Å². The molecule has 0 N–H and O–H groups in total. The van der Waals surface area contributed by atoms with Crippen LogP contribution in [0.15, 0.2) is 35.7 Å². The molecule has 0 saturated heterocycles. The lowest BCUT2D eigenvalue weighted by Gasteiger charge is -2.12. The van der Waals surface area contributed by atoms with Crippen LogP contribution >= 0.6 is 23.4 Å². The molecule has 0 amide bonds. The van der Waals surface area contributed by atoms with E-state index in [1.165, 1.54) is 18.2 Å². The molecule has 0 aliphatic carbocycles. The summed E-state index contributed by atoms with van der Waals surface area (Å²) in [5.41, 5.74) is -0.693. The quantitative estimate of drug-likeness (QED) is 0.558. The predicted molar refractivity (Wildman–Crippen MR) is 57.4 cm³/mol. The van der Waals surface area contributed by atoms with Crippen molar-refractivity contribution < 1.29 is 13.2 Å². The van der Waals surface area contributed by atoms with E-state index < -0.39 is 11.7 Å². The Labute approximate surface area is 95.1 Å². The van der Waals surface area contributed by atoms with Crippen LogP contribution in [0.1, 0.15) is 5.56 Å². The van der Waals surface area contributed by atoms with E-state index in [9.17, 15) is 13.2 Å². The highest BCUT2D eigenvalue weighted by atomic mass is 35.5. The standard InChI is InChI=1S/C10H8ClF3S/c1-2-6-15-9-7(10(12,13)14)4-3-5-8(9)11/h2-5H,1,6H2. The zero-order valence-corrected chi connectivity index (χ0v) is 9.22. The maximum absolute atomic E-state index is 12.6. The van der Waals surface area contributed by atoms with Gasteiger partial charge in [-0.05, 0) is 12.1 Å². The minimum Gasteiger partial charge on any atom is -0.166 e. The van der Waals surface area contributed by atoms with Crippen LogP contribution in [-0.2, 0) is 6.18 Å². The number of hydrogen-bond donors (Lipinski definition) is 0. The van der Waals surface area contributed by atoms with E-state index >= 15 is 0 Å². The van der Waals surface area contributed by atoms with Crippen LogP contribution in [-0.4, -0.2) is 5.75 Å². The molecule has 15 heavy (non-hydrogen) atoms. The van der Waals surface area contributed by atoms with Gasteiger partial charge < -0.3 is 0 Å². The minimum absolute atomic E-state index is 0.0616. The molecule has 0 spiro atoms. The van der Waals surface area contributed by atoms with Gasteiger partial charge in [-0.3, -0.25) is 0 Å². The highest BCUT2D eigenvalue weighted by Crippen LogP contribution is 2.40. The number of halogens is 4. The Hall–Kier alpha value is -0.610. The summed E-state index contributed by atoms with van der Waals surface area (Å²) >= 11 is 6.75. The fourth-order valence-corrected chi connectivity index (χ4v) is 2.19. The Morgan fingerprint density at radius 2 is 2.07 bits per heavy atom. The van der Waals surface area contributed by atoms with Gasteiger partial charge in [-0.2, -0.15) is 13.2 Å². The summed E-state index contributed by atoms with van der Waals surface area (Å²) in [4.78, 5) is 0.0616. The lowest BCUT2D eigenvalue weighted by atomic mass is 10.2. The molecule has 1 aromatic carbocycles. The van der Waals surface area contributed by atoms with Crippen LogP contribution in [0.5, 0.6) is 0 Å². The molecule has 0 nitrogen and oxygen atoms in total. The molecule has 1 rings (SSSR count). The molecule has 0 aliphatic heterocycles. The summed E-state index contributed by atoms with van der Waals surface area (Å²) in [6.45, 7) is 3.45. The molecule has 82 valence electrons. The van der Waals surface area contributed by atoms with Crippen molar-refractivity contribution in [2.75, 3.05) is 5.75 Å². The monoisotopic (exact) mass is 252 g/mol. The Kier molecular flexibility index (Phi) is 4.11. The molecule has 0 saturated carbocycles. The lowest BCUT2D eigenvalue weighted by molar-refractivity contribution is -0.139. The first-order valence-electron chi connectivity index (χ1n) is 4.06. The number of alkyl halides is 3. The van der Waals surface area contributed by atoms with E-state index in [0.717, 1.165) is 17.8 Å². The zero-order valence-electron chi connectivity index (χ0n) is 7.64. The smallest absolute Gasteiger partial charge is 0.166 e. The second-order valence-corrected chi connectivity index (χ2v) is 4.15. The second-order valence-electron chi connectivity index (χ2n) is 2.71. The Morgan fingerprint density at radius 3 is 2.60 bits per heavy atom. The van der Waals surface area contributed by atoms with Crippen molar-refractivity contribution in [3.8, 4) is 0 Å². The SMILES string of the molecule is C=CCSc1c(Cl)cccc1C(F)(F)F. The summed E-state index contributed by atoms with van der Waals surface area (Å²) in [7, 11) is 0. The van der Waals surface area contributed by atoms with Crippen molar-refractivity contribution in [3.05, 3.63) is 41.4 Å².